The lowest BCUT2D eigenvalue weighted by Crippen LogP contribution is -2.53. The molecular formula is C28H40N2O4S. The number of hydrogen-bond donors (Lipinski definition) is 0. The molecule has 0 N–H and O–H groups in total. The number of aryl methyl sites for hydroxylation is 2. The number of anilines is 1. The van der Waals surface area contributed by atoms with Crippen molar-refractivity contribution in [2.24, 2.45) is 0 Å². The molecule has 2 aliphatic carbocycles. The van der Waals surface area contributed by atoms with Gasteiger partial charge in [-0.05, 0) is 62.6 Å². The Hall–Kier alpha value is -1.86. The van der Waals surface area contributed by atoms with Crippen LogP contribution in [-0.2, 0) is 25.6 Å². The summed E-state index contributed by atoms with van der Waals surface area (Å²) in [5, 5.41) is 2.06. The Bertz CT molecular complexity index is 890. The fourth-order valence-electron chi connectivity index (χ4n) is 5.92. The Morgan fingerprint density at radius 2 is 1.60 bits per heavy atom. The lowest BCUT2D eigenvalue weighted by Gasteiger charge is -2.42. The van der Waals surface area contributed by atoms with Crippen molar-refractivity contribution < 1.29 is 19.2 Å². The maximum Gasteiger partial charge on any atom is 0.348 e. The molecule has 1 atom stereocenters. The van der Waals surface area contributed by atoms with Crippen molar-refractivity contribution in [1.29, 1.82) is 0 Å². The molecule has 1 aromatic carbocycles. The summed E-state index contributed by atoms with van der Waals surface area (Å²) < 4.78 is 0. The Kier molecular flexibility index (Phi) is 9.28. The highest BCUT2D eigenvalue weighted by Gasteiger charge is 2.40. The Morgan fingerprint density at radius 3 is 2.20 bits per heavy atom. The average Bonchev–Trinajstić information content (AvgIpc) is 2.87. The van der Waals surface area contributed by atoms with Gasteiger partial charge in [0.15, 0.2) is 5.12 Å². The quantitative estimate of drug-likeness (QED) is 0.445. The van der Waals surface area contributed by atoms with Crippen LogP contribution in [-0.4, -0.2) is 45.9 Å². The van der Waals surface area contributed by atoms with Crippen molar-refractivity contribution in [3.05, 3.63) is 29.3 Å². The van der Waals surface area contributed by atoms with Gasteiger partial charge in [0.1, 0.15) is 6.04 Å². The van der Waals surface area contributed by atoms with Crippen LogP contribution in [0.5, 0.6) is 0 Å². The number of nitrogens with zero attached hydrogens (tertiary/aromatic N) is 2. The molecule has 1 unspecified atom stereocenters. The zero-order chi connectivity index (χ0) is 24.8. The molecule has 1 heterocycles. The molecule has 7 heteroatoms. The van der Waals surface area contributed by atoms with E-state index in [4.69, 9.17) is 4.84 Å². The van der Waals surface area contributed by atoms with E-state index in [1.54, 1.807) is 4.90 Å². The van der Waals surface area contributed by atoms with Gasteiger partial charge in [-0.1, -0.05) is 62.4 Å². The van der Waals surface area contributed by atoms with Crippen molar-refractivity contribution in [2.75, 3.05) is 10.7 Å². The van der Waals surface area contributed by atoms with Crippen LogP contribution in [0.25, 0.3) is 0 Å². The summed E-state index contributed by atoms with van der Waals surface area (Å²) in [6.45, 7) is 3.52. The van der Waals surface area contributed by atoms with Gasteiger partial charge in [-0.15, -0.1) is 5.06 Å². The summed E-state index contributed by atoms with van der Waals surface area (Å²) in [5.74, 6) is -0.000797. The molecule has 2 saturated carbocycles. The van der Waals surface area contributed by atoms with Crippen LogP contribution in [0.15, 0.2) is 18.2 Å². The first-order valence-corrected chi connectivity index (χ1v) is 14.5. The number of hydrogen-bond acceptors (Lipinski definition) is 6. The fraction of sp³-hybridized carbons (Fsp3) is 0.679. The van der Waals surface area contributed by atoms with Gasteiger partial charge in [0, 0.05) is 36.9 Å². The summed E-state index contributed by atoms with van der Waals surface area (Å²) in [7, 11) is 0. The molecule has 0 radical (unpaired) electrons. The van der Waals surface area contributed by atoms with Gasteiger partial charge < -0.3 is 4.84 Å². The third-order valence-corrected chi connectivity index (χ3v) is 8.54. The van der Waals surface area contributed by atoms with E-state index < -0.39 is 6.04 Å². The van der Waals surface area contributed by atoms with E-state index >= 15 is 0 Å². The average molecular weight is 501 g/mol. The Labute approximate surface area is 214 Å². The zero-order valence-corrected chi connectivity index (χ0v) is 22.1. The summed E-state index contributed by atoms with van der Waals surface area (Å²) in [4.78, 5) is 46.6. The van der Waals surface area contributed by atoms with Crippen molar-refractivity contribution in [2.45, 2.75) is 115 Å². The maximum absolute atomic E-state index is 13.8. The number of hydroxylamine groups is 2. The van der Waals surface area contributed by atoms with Crippen LogP contribution in [0.4, 0.5) is 5.69 Å². The predicted octanol–water partition coefficient (Wildman–Crippen LogP) is 5.74. The van der Waals surface area contributed by atoms with Crippen molar-refractivity contribution in [3.63, 3.8) is 0 Å². The van der Waals surface area contributed by atoms with Crippen molar-refractivity contribution >= 4 is 34.4 Å². The fourth-order valence-corrected chi connectivity index (χ4v) is 6.48. The maximum atomic E-state index is 13.8. The molecule has 1 aromatic rings. The molecule has 0 aromatic heterocycles. The molecule has 1 aliphatic heterocycles. The lowest BCUT2D eigenvalue weighted by atomic mass is 9.90. The van der Waals surface area contributed by atoms with Crippen LogP contribution < -0.4 is 4.90 Å². The topological polar surface area (TPSA) is 66.9 Å². The third-order valence-electron chi connectivity index (χ3n) is 7.73. The second kappa shape index (κ2) is 12.4. The molecule has 0 spiro atoms. The number of carbonyl (C=O) groups is 3. The minimum Gasteiger partial charge on any atom is -0.365 e. The summed E-state index contributed by atoms with van der Waals surface area (Å²) in [6, 6.07) is 6.06. The van der Waals surface area contributed by atoms with Gasteiger partial charge in [-0.2, -0.15) is 0 Å². The van der Waals surface area contributed by atoms with E-state index in [-0.39, 0.29) is 35.5 Å². The van der Waals surface area contributed by atoms with E-state index in [0.29, 0.717) is 12.2 Å². The van der Waals surface area contributed by atoms with Crippen LogP contribution in [0, 0.1) is 6.92 Å². The van der Waals surface area contributed by atoms with E-state index in [1.807, 2.05) is 13.0 Å². The Balaban J connectivity index is 1.56. The van der Waals surface area contributed by atoms with E-state index in [9.17, 15) is 14.4 Å². The number of rotatable bonds is 7. The molecule has 0 bridgehead atoms. The van der Waals surface area contributed by atoms with Crippen LogP contribution in [0.2, 0.25) is 0 Å². The molecule has 1 amide bonds. The molecule has 3 aliphatic rings. The first kappa shape index (κ1) is 26.2. The first-order chi connectivity index (χ1) is 16.9. The summed E-state index contributed by atoms with van der Waals surface area (Å²) in [6.07, 6.45) is 13.0. The molecular weight excluding hydrogens is 460 g/mol. The zero-order valence-electron chi connectivity index (χ0n) is 21.3. The highest BCUT2D eigenvalue weighted by Crippen LogP contribution is 2.35. The summed E-state index contributed by atoms with van der Waals surface area (Å²) in [5.41, 5.74) is 2.96. The normalized spacial score (nSPS) is 21.6. The first-order valence-electron chi connectivity index (χ1n) is 13.5. The number of carbonyl (C=O) groups excluding carboxylic acids is 3. The third kappa shape index (κ3) is 6.67. The molecule has 35 heavy (non-hydrogen) atoms. The van der Waals surface area contributed by atoms with Gasteiger partial charge in [0.25, 0.3) is 0 Å². The monoisotopic (exact) mass is 500 g/mol. The molecule has 4 rings (SSSR count). The Morgan fingerprint density at radius 1 is 0.971 bits per heavy atom. The highest BCUT2D eigenvalue weighted by atomic mass is 32.2. The number of fused-ring (bicyclic) bond motifs is 1. The van der Waals surface area contributed by atoms with Gasteiger partial charge >= 0.3 is 5.97 Å². The smallest absolute Gasteiger partial charge is 0.348 e. The van der Waals surface area contributed by atoms with Crippen LogP contribution >= 0.6 is 11.8 Å². The van der Waals surface area contributed by atoms with Gasteiger partial charge in [0.2, 0.25) is 5.91 Å². The second-order valence-corrected chi connectivity index (χ2v) is 11.7. The van der Waals surface area contributed by atoms with E-state index in [0.717, 1.165) is 60.7 Å². The van der Waals surface area contributed by atoms with Gasteiger partial charge in [-0.25, -0.2) is 4.79 Å². The molecule has 6 nitrogen and oxygen atoms in total. The minimum atomic E-state index is -0.631. The largest absolute Gasteiger partial charge is 0.365 e. The second-order valence-electron chi connectivity index (χ2n) is 10.4. The van der Waals surface area contributed by atoms with Crippen LogP contribution in [0.3, 0.4) is 0 Å². The van der Waals surface area contributed by atoms with Crippen molar-refractivity contribution in [3.8, 4) is 0 Å². The predicted molar refractivity (Wildman–Crippen MR) is 140 cm³/mol. The standard InChI is InChI=1S/C28H40N2O4S/c1-20-13-14-22-15-16-25(29(26(22)19-20)27(32)17-18-35-21(2)31)28(33)34-30(23-9-5-3-6-10-23)24-11-7-4-8-12-24/h13-14,19,23-25H,3-12,15-18H2,1-2H3. The number of amides is 1. The van der Waals surface area contributed by atoms with Gasteiger partial charge in [-0.3, -0.25) is 14.5 Å². The SMILES string of the molecule is CC(=O)SCCC(=O)N1c2cc(C)ccc2CCC1C(=O)ON(C1CCCCC1)C1CCCCC1. The highest BCUT2D eigenvalue weighted by molar-refractivity contribution is 8.13. The molecule has 192 valence electrons. The number of benzene rings is 1. The van der Waals surface area contributed by atoms with E-state index in [1.165, 1.54) is 45.4 Å². The van der Waals surface area contributed by atoms with Gasteiger partial charge in [0.05, 0.1) is 0 Å². The number of thioether (sulfide) groups is 1. The summed E-state index contributed by atoms with van der Waals surface area (Å²) >= 11 is 1.16. The lowest BCUT2D eigenvalue weighted by molar-refractivity contribution is -0.224. The molecule has 0 saturated heterocycles. The van der Waals surface area contributed by atoms with Crippen molar-refractivity contribution in [1.82, 2.24) is 5.06 Å². The minimum absolute atomic E-state index is 0.000691. The van der Waals surface area contributed by atoms with Crippen LogP contribution in [0.1, 0.15) is 95.1 Å². The van der Waals surface area contributed by atoms with E-state index in [2.05, 4.69) is 17.2 Å². The molecule has 2 fully saturated rings.